The number of amides is 1. The summed E-state index contributed by atoms with van der Waals surface area (Å²) in [5, 5.41) is 3.14. The van der Waals surface area contributed by atoms with Crippen molar-refractivity contribution in [3.63, 3.8) is 0 Å². The maximum absolute atomic E-state index is 11.9. The van der Waals surface area contributed by atoms with Gasteiger partial charge in [0.2, 0.25) is 5.91 Å². The van der Waals surface area contributed by atoms with E-state index in [9.17, 15) is 4.79 Å². The Balaban J connectivity index is 0.00000144. The normalized spacial score (nSPS) is 30.9. The lowest BCUT2D eigenvalue weighted by Gasteiger charge is -2.38. The van der Waals surface area contributed by atoms with Gasteiger partial charge in [-0.2, -0.15) is 0 Å². The zero-order valence-electron chi connectivity index (χ0n) is 10.7. The molecule has 17 heavy (non-hydrogen) atoms. The summed E-state index contributed by atoms with van der Waals surface area (Å²) in [6, 6.07) is 0.385. The number of rotatable bonds is 3. The summed E-state index contributed by atoms with van der Waals surface area (Å²) in [5.41, 5.74) is 5.48. The Hall–Kier alpha value is -0.280. The molecule has 0 aromatic heterocycles. The van der Waals surface area contributed by atoms with Gasteiger partial charge in [0.25, 0.3) is 0 Å². The number of hydrogen-bond donors (Lipinski definition) is 2. The van der Waals surface area contributed by atoms with Crippen LogP contribution in [0.1, 0.15) is 58.3 Å². The predicted molar refractivity (Wildman–Crippen MR) is 72.2 cm³/mol. The Bertz CT molecular complexity index is 258. The maximum Gasteiger partial charge on any atom is 0.240 e. The van der Waals surface area contributed by atoms with E-state index in [-0.39, 0.29) is 18.3 Å². The highest BCUT2D eigenvalue weighted by atomic mass is 35.5. The van der Waals surface area contributed by atoms with Crippen LogP contribution < -0.4 is 11.1 Å². The largest absolute Gasteiger partial charge is 0.352 e. The van der Waals surface area contributed by atoms with Gasteiger partial charge >= 0.3 is 0 Å². The van der Waals surface area contributed by atoms with Crippen LogP contribution in [0.3, 0.4) is 0 Å². The molecule has 0 aromatic carbocycles. The zero-order valence-corrected chi connectivity index (χ0v) is 11.5. The van der Waals surface area contributed by atoms with E-state index in [1.807, 2.05) is 0 Å². The number of halogens is 1. The van der Waals surface area contributed by atoms with Gasteiger partial charge in [0.15, 0.2) is 0 Å². The minimum absolute atomic E-state index is 0. The third-order valence-electron chi connectivity index (χ3n) is 4.46. The molecule has 0 heterocycles. The van der Waals surface area contributed by atoms with Crippen molar-refractivity contribution in [1.29, 1.82) is 0 Å². The zero-order chi connectivity index (χ0) is 11.6. The molecule has 2 saturated carbocycles. The highest BCUT2D eigenvalue weighted by Crippen LogP contribution is 2.31. The Morgan fingerprint density at radius 3 is 2.29 bits per heavy atom. The summed E-state index contributed by atoms with van der Waals surface area (Å²) in [6.07, 6.45) is 8.92. The monoisotopic (exact) mass is 260 g/mol. The fourth-order valence-corrected chi connectivity index (χ4v) is 2.83. The van der Waals surface area contributed by atoms with Crippen LogP contribution in [-0.4, -0.2) is 17.5 Å². The average Bonchev–Trinajstić information content (AvgIpc) is 2.27. The molecule has 2 aliphatic rings. The van der Waals surface area contributed by atoms with Crippen molar-refractivity contribution in [2.75, 3.05) is 0 Å². The van der Waals surface area contributed by atoms with E-state index >= 15 is 0 Å². The van der Waals surface area contributed by atoms with Crippen LogP contribution in [-0.2, 0) is 4.79 Å². The molecule has 2 fully saturated rings. The topological polar surface area (TPSA) is 55.1 Å². The van der Waals surface area contributed by atoms with E-state index in [4.69, 9.17) is 5.73 Å². The van der Waals surface area contributed by atoms with Crippen LogP contribution in [0.4, 0.5) is 0 Å². The lowest BCUT2D eigenvalue weighted by molar-refractivity contribution is -0.130. The van der Waals surface area contributed by atoms with Crippen molar-refractivity contribution in [1.82, 2.24) is 5.32 Å². The lowest BCUT2D eigenvalue weighted by Crippen LogP contribution is -2.60. The number of nitrogens with two attached hydrogens (primary N) is 1. The standard InChI is InChI=1S/C13H24N2O.ClH/c1-2-10-4-6-11(7-5-10)15-12(16)13(14)8-3-9-13;/h10-11H,2-9,14H2,1H3,(H,15,16);1H. The van der Waals surface area contributed by atoms with Crippen molar-refractivity contribution in [2.45, 2.75) is 69.9 Å². The van der Waals surface area contributed by atoms with E-state index in [1.54, 1.807) is 0 Å². The van der Waals surface area contributed by atoms with Crippen LogP contribution >= 0.6 is 12.4 Å². The SMILES string of the molecule is CCC1CCC(NC(=O)C2(N)CCC2)CC1.Cl. The third kappa shape index (κ3) is 3.35. The van der Waals surface area contributed by atoms with Gasteiger partial charge in [0.1, 0.15) is 0 Å². The molecular weight excluding hydrogens is 236 g/mol. The molecule has 3 N–H and O–H groups in total. The van der Waals surface area contributed by atoms with Gasteiger partial charge in [0, 0.05) is 6.04 Å². The Labute approximate surface area is 110 Å². The van der Waals surface area contributed by atoms with Crippen molar-refractivity contribution in [2.24, 2.45) is 11.7 Å². The molecule has 0 unspecified atom stereocenters. The molecule has 0 atom stereocenters. The fraction of sp³-hybridized carbons (Fsp3) is 0.923. The summed E-state index contributed by atoms with van der Waals surface area (Å²) in [7, 11) is 0. The molecule has 0 aliphatic heterocycles. The van der Waals surface area contributed by atoms with E-state index in [2.05, 4.69) is 12.2 Å². The first-order valence-electron chi connectivity index (χ1n) is 6.74. The minimum Gasteiger partial charge on any atom is -0.352 e. The number of carbonyl (C=O) groups excluding carboxylic acids is 1. The first-order valence-corrected chi connectivity index (χ1v) is 6.74. The average molecular weight is 261 g/mol. The minimum atomic E-state index is -0.526. The first kappa shape index (κ1) is 14.8. The van der Waals surface area contributed by atoms with Crippen LogP contribution in [0.25, 0.3) is 0 Å². The molecule has 1 amide bonds. The summed E-state index contributed by atoms with van der Waals surface area (Å²) < 4.78 is 0. The highest BCUT2D eigenvalue weighted by molar-refractivity contribution is 5.87. The van der Waals surface area contributed by atoms with Crippen molar-refractivity contribution < 1.29 is 4.79 Å². The summed E-state index contributed by atoms with van der Waals surface area (Å²) in [5.74, 6) is 0.974. The van der Waals surface area contributed by atoms with Gasteiger partial charge < -0.3 is 11.1 Å². The third-order valence-corrected chi connectivity index (χ3v) is 4.46. The quantitative estimate of drug-likeness (QED) is 0.819. The van der Waals surface area contributed by atoms with Crippen molar-refractivity contribution >= 4 is 18.3 Å². The van der Waals surface area contributed by atoms with E-state index in [1.165, 1.54) is 19.3 Å². The molecule has 0 bridgehead atoms. The predicted octanol–water partition coefficient (Wildman–Crippen LogP) is 2.37. The van der Waals surface area contributed by atoms with E-state index < -0.39 is 5.54 Å². The molecule has 0 spiro atoms. The van der Waals surface area contributed by atoms with E-state index in [0.717, 1.165) is 38.0 Å². The summed E-state index contributed by atoms with van der Waals surface area (Å²) in [4.78, 5) is 11.9. The molecule has 0 aromatic rings. The summed E-state index contributed by atoms with van der Waals surface area (Å²) >= 11 is 0. The molecule has 3 nitrogen and oxygen atoms in total. The van der Waals surface area contributed by atoms with Crippen LogP contribution in [0.5, 0.6) is 0 Å². The number of nitrogens with one attached hydrogen (secondary N) is 1. The van der Waals surface area contributed by atoms with Gasteiger partial charge in [-0.15, -0.1) is 12.4 Å². The van der Waals surface area contributed by atoms with Gasteiger partial charge in [0.05, 0.1) is 5.54 Å². The number of carbonyl (C=O) groups is 1. The van der Waals surface area contributed by atoms with Gasteiger partial charge in [-0.05, 0) is 50.9 Å². The first-order chi connectivity index (χ1) is 7.64. The van der Waals surface area contributed by atoms with Crippen LogP contribution in [0.15, 0.2) is 0 Å². The van der Waals surface area contributed by atoms with Crippen LogP contribution in [0, 0.1) is 5.92 Å². The van der Waals surface area contributed by atoms with Gasteiger partial charge in [-0.1, -0.05) is 13.3 Å². The van der Waals surface area contributed by atoms with E-state index in [0.29, 0.717) is 6.04 Å². The molecule has 2 aliphatic carbocycles. The second-order valence-electron chi connectivity index (χ2n) is 5.61. The molecule has 100 valence electrons. The Morgan fingerprint density at radius 1 is 1.29 bits per heavy atom. The molecule has 2 rings (SSSR count). The molecule has 4 heteroatoms. The highest BCUT2D eigenvalue weighted by Gasteiger charge is 2.40. The fourth-order valence-electron chi connectivity index (χ4n) is 2.83. The molecular formula is C13H25ClN2O. The summed E-state index contributed by atoms with van der Waals surface area (Å²) in [6.45, 7) is 2.26. The Morgan fingerprint density at radius 2 is 1.88 bits per heavy atom. The smallest absolute Gasteiger partial charge is 0.240 e. The maximum atomic E-state index is 11.9. The van der Waals surface area contributed by atoms with Crippen molar-refractivity contribution in [3.8, 4) is 0 Å². The van der Waals surface area contributed by atoms with Gasteiger partial charge in [-0.25, -0.2) is 0 Å². The van der Waals surface area contributed by atoms with Crippen molar-refractivity contribution in [3.05, 3.63) is 0 Å². The second-order valence-corrected chi connectivity index (χ2v) is 5.61. The molecule has 0 radical (unpaired) electrons. The van der Waals surface area contributed by atoms with Crippen LogP contribution in [0.2, 0.25) is 0 Å². The van der Waals surface area contributed by atoms with Gasteiger partial charge in [-0.3, -0.25) is 4.79 Å². The second kappa shape index (κ2) is 6.05. The number of hydrogen-bond acceptors (Lipinski definition) is 2. The lowest BCUT2D eigenvalue weighted by atomic mass is 9.76. The Kier molecular flexibility index (Phi) is 5.26. The molecule has 0 saturated heterocycles.